The summed E-state index contributed by atoms with van der Waals surface area (Å²) < 4.78 is 1.72. The predicted octanol–water partition coefficient (Wildman–Crippen LogP) is 2.13. The van der Waals surface area contributed by atoms with Gasteiger partial charge in [-0.25, -0.2) is 4.68 Å². The summed E-state index contributed by atoms with van der Waals surface area (Å²) in [6.45, 7) is 1.33. The maximum absolute atomic E-state index is 11.3. The van der Waals surface area contributed by atoms with E-state index in [0.717, 1.165) is 30.8 Å². The molecule has 0 aliphatic carbocycles. The van der Waals surface area contributed by atoms with Gasteiger partial charge in [-0.3, -0.25) is 9.69 Å². The number of carboxylic acids is 1. The summed E-state index contributed by atoms with van der Waals surface area (Å²) in [6, 6.07) is 9.36. The smallest absolute Gasteiger partial charge is 0.320 e. The van der Waals surface area contributed by atoms with Crippen molar-refractivity contribution in [2.45, 2.75) is 31.8 Å². The molecule has 3 rings (SSSR count). The lowest BCUT2D eigenvalue weighted by molar-refractivity contribution is -0.144. The van der Waals surface area contributed by atoms with E-state index in [1.165, 1.54) is 0 Å². The summed E-state index contributed by atoms with van der Waals surface area (Å²) in [5, 5.41) is 17.6. The second-order valence-corrected chi connectivity index (χ2v) is 5.31. The summed E-state index contributed by atoms with van der Waals surface area (Å²) in [6.07, 6.45) is 4.59. The first-order valence-corrected chi connectivity index (χ1v) is 7.17. The van der Waals surface area contributed by atoms with E-state index in [0.29, 0.717) is 13.0 Å². The van der Waals surface area contributed by atoms with Gasteiger partial charge in [0.25, 0.3) is 0 Å². The molecule has 0 saturated carbocycles. The minimum atomic E-state index is -0.745. The molecule has 1 atom stereocenters. The van der Waals surface area contributed by atoms with Crippen molar-refractivity contribution in [2.75, 3.05) is 6.54 Å². The maximum Gasteiger partial charge on any atom is 0.320 e. The van der Waals surface area contributed by atoms with Crippen molar-refractivity contribution in [1.82, 2.24) is 19.9 Å². The van der Waals surface area contributed by atoms with Crippen molar-refractivity contribution in [2.24, 2.45) is 0 Å². The van der Waals surface area contributed by atoms with Gasteiger partial charge < -0.3 is 5.11 Å². The van der Waals surface area contributed by atoms with Gasteiger partial charge in [-0.1, -0.05) is 29.8 Å². The molecule has 22 heavy (non-hydrogen) atoms. The number of aliphatic carboxylic acids is 1. The molecule has 1 saturated heterocycles. The predicted molar refractivity (Wildman–Crippen MR) is 84.3 cm³/mol. The normalized spacial score (nSPS) is 18.6. The molecule has 0 amide bonds. The summed E-state index contributed by atoms with van der Waals surface area (Å²) in [5.74, 6) is -0.745. The Balaban J connectivity index is 0.00000176. The highest BCUT2D eigenvalue weighted by molar-refractivity contribution is 5.85. The zero-order chi connectivity index (χ0) is 14.7. The second kappa shape index (κ2) is 7.38. The average molecular weight is 323 g/mol. The number of benzene rings is 1. The summed E-state index contributed by atoms with van der Waals surface area (Å²) in [5.41, 5.74) is 1.75. The van der Waals surface area contributed by atoms with Crippen molar-refractivity contribution in [1.29, 1.82) is 0 Å². The molecule has 1 aliphatic rings. The van der Waals surface area contributed by atoms with Crippen LogP contribution < -0.4 is 0 Å². The topological polar surface area (TPSA) is 71.2 Å². The molecule has 1 aliphatic heterocycles. The fourth-order valence-corrected chi connectivity index (χ4v) is 2.75. The molecule has 1 aromatic carbocycles. The Morgan fingerprint density at radius 2 is 2.05 bits per heavy atom. The molecule has 118 valence electrons. The molecule has 1 aromatic heterocycles. The minimum Gasteiger partial charge on any atom is -0.480 e. The number of nitrogens with zero attached hydrogens (tertiary/aromatic N) is 4. The van der Waals surface area contributed by atoms with Gasteiger partial charge in [0.05, 0.1) is 17.6 Å². The third-order valence-electron chi connectivity index (χ3n) is 3.83. The lowest BCUT2D eigenvalue weighted by Gasteiger charge is -2.31. The average Bonchev–Trinajstić information content (AvgIpc) is 2.97. The molecule has 2 heterocycles. The van der Waals surface area contributed by atoms with E-state index < -0.39 is 12.0 Å². The Hall–Kier alpha value is -1.92. The van der Waals surface area contributed by atoms with E-state index in [1.54, 1.807) is 4.68 Å². The van der Waals surface area contributed by atoms with E-state index >= 15 is 0 Å². The number of aromatic nitrogens is 3. The van der Waals surface area contributed by atoms with Crippen LogP contribution in [0.2, 0.25) is 0 Å². The molecular formula is C15H19ClN4O2. The van der Waals surface area contributed by atoms with Gasteiger partial charge in [-0.2, -0.15) is 0 Å². The molecule has 1 N–H and O–H groups in total. The van der Waals surface area contributed by atoms with Crippen LogP contribution in [0.15, 0.2) is 36.5 Å². The van der Waals surface area contributed by atoms with Crippen LogP contribution in [0.25, 0.3) is 5.69 Å². The van der Waals surface area contributed by atoms with E-state index in [1.807, 2.05) is 41.4 Å². The molecule has 6 nitrogen and oxygen atoms in total. The number of carbonyl (C=O) groups is 1. The molecule has 7 heteroatoms. The number of rotatable bonds is 4. The third kappa shape index (κ3) is 3.64. The molecule has 2 aromatic rings. The molecule has 0 spiro atoms. The van der Waals surface area contributed by atoms with Crippen LogP contribution in [0.5, 0.6) is 0 Å². The van der Waals surface area contributed by atoms with Crippen molar-refractivity contribution < 1.29 is 9.90 Å². The number of piperidine rings is 1. The largest absolute Gasteiger partial charge is 0.480 e. The lowest BCUT2D eigenvalue weighted by atomic mass is 10.0. The number of hydrogen-bond donors (Lipinski definition) is 1. The Kier molecular flexibility index (Phi) is 5.51. The molecular weight excluding hydrogens is 304 g/mol. The fraction of sp³-hybridized carbons (Fsp3) is 0.400. The highest BCUT2D eigenvalue weighted by Crippen LogP contribution is 2.19. The van der Waals surface area contributed by atoms with Crippen LogP contribution in [-0.2, 0) is 11.3 Å². The van der Waals surface area contributed by atoms with Crippen molar-refractivity contribution >= 4 is 18.4 Å². The van der Waals surface area contributed by atoms with Crippen LogP contribution in [0.1, 0.15) is 25.0 Å². The number of para-hydroxylation sites is 1. The maximum atomic E-state index is 11.3. The Labute approximate surface area is 135 Å². The first-order valence-electron chi connectivity index (χ1n) is 7.17. The summed E-state index contributed by atoms with van der Waals surface area (Å²) in [4.78, 5) is 13.3. The van der Waals surface area contributed by atoms with Gasteiger partial charge in [0.15, 0.2) is 0 Å². The second-order valence-electron chi connectivity index (χ2n) is 5.31. The van der Waals surface area contributed by atoms with E-state index in [9.17, 15) is 9.90 Å². The summed E-state index contributed by atoms with van der Waals surface area (Å²) >= 11 is 0. The first-order chi connectivity index (χ1) is 10.2. The highest BCUT2D eigenvalue weighted by Gasteiger charge is 2.28. The van der Waals surface area contributed by atoms with E-state index in [-0.39, 0.29) is 12.4 Å². The third-order valence-corrected chi connectivity index (χ3v) is 3.83. The highest BCUT2D eigenvalue weighted by atomic mass is 35.5. The van der Waals surface area contributed by atoms with Crippen molar-refractivity contribution in [3.05, 3.63) is 42.2 Å². The Morgan fingerprint density at radius 3 is 2.77 bits per heavy atom. The van der Waals surface area contributed by atoms with Crippen LogP contribution >= 0.6 is 12.4 Å². The molecule has 0 radical (unpaired) electrons. The van der Waals surface area contributed by atoms with Crippen molar-refractivity contribution in [3.63, 3.8) is 0 Å². The number of hydrogen-bond acceptors (Lipinski definition) is 4. The van der Waals surface area contributed by atoms with Crippen LogP contribution in [-0.4, -0.2) is 43.6 Å². The van der Waals surface area contributed by atoms with Gasteiger partial charge >= 0.3 is 5.97 Å². The van der Waals surface area contributed by atoms with Gasteiger partial charge in [0.1, 0.15) is 6.04 Å². The monoisotopic (exact) mass is 322 g/mol. The molecule has 1 fully saturated rings. The molecule has 0 bridgehead atoms. The van der Waals surface area contributed by atoms with Gasteiger partial charge in [-0.15, -0.1) is 17.5 Å². The fourth-order valence-electron chi connectivity index (χ4n) is 2.75. The van der Waals surface area contributed by atoms with E-state index in [2.05, 4.69) is 10.3 Å². The first kappa shape index (κ1) is 16.5. The zero-order valence-corrected chi connectivity index (χ0v) is 12.9. The van der Waals surface area contributed by atoms with Crippen LogP contribution in [0.3, 0.4) is 0 Å². The van der Waals surface area contributed by atoms with Gasteiger partial charge in [-0.05, 0) is 31.5 Å². The summed E-state index contributed by atoms with van der Waals surface area (Å²) in [7, 11) is 0. The van der Waals surface area contributed by atoms with Gasteiger partial charge in [0, 0.05) is 6.54 Å². The number of carboxylic acid groups (broad SMARTS) is 1. The Morgan fingerprint density at radius 1 is 1.27 bits per heavy atom. The SMILES string of the molecule is Cl.O=C(O)C1CCCCN1Cc1cn(-c2ccccc2)nn1. The lowest BCUT2D eigenvalue weighted by Crippen LogP contribution is -2.44. The number of likely N-dealkylation sites (tertiary alicyclic amines) is 1. The standard InChI is InChI=1S/C15H18N4O2.ClH/c20-15(21)14-8-4-5-9-18(14)10-12-11-19(17-16-12)13-6-2-1-3-7-13;/h1-3,6-7,11,14H,4-5,8-10H2,(H,20,21);1H. The van der Waals surface area contributed by atoms with Gasteiger partial charge in [0.2, 0.25) is 0 Å². The minimum absolute atomic E-state index is 0. The molecule has 1 unspecified atom stereocenters. The van der Waals surface area contributed by atoms with E-state index in [4.69, 9.17) is 0 Å². The Bertz CT molecular complexity index is 617. The van der Waals surface area contributed by atoms with Crippen LogP contribution in [0, 0.1) is 0 Å². The number of halogens is 1. The quantitative estimate of drug-likeness (QED) is 0.933. The van der Waals surface area contributed by atoms with Crippen molar-refractivity contribution in [3.8, 4) is 5.69 Å². The zero-order valence-electron chi connectivity index (χ0n) is 12.1. The van der Waals surface area contributed by atoms with Crippen LogP contribution in [0.4, 0.5) is 0 Å².